The molecule has 236 valence electrons. The second kappa shape index (κ2) is 16.9. The molecule has 0 spiro atoms. The maximum absolute atomic E-state index is 13.8. The first-order valence-electron chi connectivity index (χ1n) is 14.9. The van der Waals surface area contributed by atoms with Crippen molar-refractivity contribution in [1.82, 2.24) is 14.5 Å². The van der Waals surface area contributed by atoms with Gasteiger partial charge in [-0.1, -0.05) is 60.7 Å². The molecular formula is C33H41N3O7S. The van der Waals surface area contributed by atoms with Crippen LogP contribution in [0.2, 0.25) is 0 Å². The van der Waals surface area contributed by atoms with E-state index in [0.717, 1.165) is 11.1 Å². The lowest BCUT2D eigenvalue weighted by Crippen LogP contribution is -2.51. The van der Waals surface area contributed by atoms with Gasteiger partial charge in [-0.2, -0.15) is 4.31 Å². The van der Waals surface area contributed by atoms with E-state index in [2.05, 4.69) is 5.32 Å². The quantitative estimate of drug-likeness (QED) is 0.244. The molecular weight excluding hydrogens is 582 g/mol. The average molecular weight is 624 g/mol. The fraction of sp³-hybridized carbons (Fsp3) is 0.394. The highest BCUT2D eigenvalue weighted by Gasteiger charge is 2.31. The molecule has 11 heteroatoms. The Balaban J connectivity index is 1.50. The predicted molar refractivity (Wildman–Crippen MR) is 167 cm³/mol. The van der Waals surface area contributed by atoms with Crippen molar-refractivity contribution in [2.75, 3.05) is 52.7 Å². The Hall–Kier alpha value is -3.77. The fourth-order valence-electron chi connectivity index (χ4n) is 4.85. The maximum atomic E-state index is 13.8. The minimum absolute atomic E-state index is 0.146. The first-order valence-corrected chi connectivity index (χ1v) is 16.4. The minimum Gasteiger partial charge on any atom is -0.484 e. The molecule has 1 saturated heterocycles. The second-order valence-electron chi connectivity index (χ2n) is 10.3. The minimum atomic E-state index is -3.65. The Labute approximate surface area is 260 Å². The van der Waals surface area contributed by atoms with E-state index in [1.54, 1.807) is 4.90 Å². The molecule has 0 unspecified atom stereocenters. The van der Waals surface area contributed by atoms with Gasteiger partial charge in [0.1, 0.15) is 11.8 Å². The summed E-state index contributed by atoms with van der Waals surface area (Å²) in [6, 6.07) is 24.3. The summed E-state index contributed by atoms with van der Waals surface area (Å²) >= 11 is 0. The van der Waals surface area contributed by atoms with Crippen molar-refractivity contribution in [3.63, 3.8) is 0 Å². The molecule has 1 fully saturated rings. The SMILES string of the molecule is CCOCCCNC(=O)[C@H](Cc1ccccc1)N(Cc1ccccc1)C(=O)COc1ccc(S(=O)(=O)N2CCOCC2)cc1. The lowest BCUT2D eigenvalue weighted by Gasteiger charge is -2.31. The summed E-state index contributed by atoms with van der Waals surface area (Å²) < 4.78 is 43.8. The van der Waals surface area contributed by atoms with E-state index in [-0.39, 0.29) is 29.9 Å². The molecule has 1 aliphatic heterocycles. The molecule has 1 N–H and O–H groups in total. The second-order valence-corrected chi connectivity index (χ2v) is 12.3. The highest BCUT2D eigenvalue weighted by molar-refractivity contribution is 7.89. The molecule has 0 saturated carbocycles. The van der Waals surface area contributed by atoms with Crippen LogP contribution < -0.4 is 10.1 Å². The fourth-order valence-corrected chi connectivity index (χ4v) is 6.26. The zero-order valence-corrected chi connectivity index (χ0v) is 25.9. The third-order valence-electron chi connectivity index (χ3n) is 7.23. The van der Waals surface area contributed by atoms with E-state index in [4.69, 9.17) is 14.2 Å². The number of morpholine rings is 1. The first-order chi connectivity index (χ1) is 21.4. The predicted octanol–water partition coefficient (Wildman–Crippen LogP) is 3.27. The van der Waals surface area contributed by atoms with Gasteiger partial charge in [0.25, 0.3) is 5.91 Å². The van der Waals surface area contributed by atoms with Crippen LogP contribution in [0.5, 0.6) is 5.75 Å². The number of nitrogens with zero attached hydrogens (tertiary/aromatic N) is 2. The number of hydrogen-bond donors (Lipinski definition) is 1. The van der Waals surface area contributed by atoms with Crippen molar-refractivity contribution in [3.05, 3.63) is 96.1 Å². The van der Waals surface area contributed by atoms with Crippen molar-refractivity contribution in [3.8, 4) is 5.75 Å². The number of hydrogen-bond acceptors (Lipinski definition) is 7. The van der Waals surface area contributed by atoms with Gasteiger partial charge >= 0.3 is 0 Å². The molecule has 0 aromatic heterocycles. The number of carbonyl (C=O) groups excluding carboxylic acids is 2. The van der Waals surface area contributed by atoms with Gasteiger partial charge in [0.2, 0.25) is 15.9 Å². The summed E-state index contributed by atoms with van der Waals surface area (Å²) in [5, 5.41) is 2.98. The average Bonchev–Trinajstić information content (AvgIpc) is 3.06. The summed E-state index contributed by atoms with van der Waals surface area (Å²) in [4.78, 5) is 29.1. The Morgan fingerprint density at radius 3 is 2.20 bits per heavy atom. The molecule has 0 bridgehead atoms. The topological polar surface area (TPSA) is 114 Å². The van der Waals surface area contributed by atoms with E-state index in [9.17, 15) is 18.0 Å². The number of ether oxygens (including phenoxy) is 3. The summed E-state index contributed by atoms with van der Waals surface area (Å²) in [6.45, 7) is 4.70. The molecule has 0 aliphatic carbocycles. The van der Waals surface area contributed by atoms with Crippen molar-refractivity contribution >= 4 is 21.8 Å². The zero-order chi connectivity index (χ0) is 31.2. The highest BCUT2D eigenvalue weighted by atomic mass is 32.2. The molecule has 3 aromatic carbocycles. The van der Waals surface area contributed by atoms with E-state index < -0.39 is 16.1 Å². The zero-order valence-electron chi connectivity index (χ0n) is 25.1. The van der Waals surface area contributed by atoms with Crippen LogP contribution in [-0.2, 0) is 42.1 Å². The van der Waals surface area contributed by atoms with Crippen LogP contribution in [0.25, 0.3) is 0 Å². The number of sulfonamides is 1. The van der Waals surface area contributed by atoms with E-state index >= 15 is 0 Å². The standard InChI is InChI=1S/C33H41N3O7S/c1-2-41-21-9-18-34-33(38)31(24-27-10-5-3-6-11-27)36(25-28-12-7-4-8-13-28)32(37)26-43-29-14-16-30(17-15-29)44(39,40)35-19-22-42-23-20-35/h3-8,10-17,31H,2,9,18-26H2,1H3,(H,34,38)/t31-/m0/s1. The Bertz CT molecular complexity index is 1410. The van der Waals surface area contributed by atoms with Gasteiger partial charge < -0.3 is 24.4 Å². The monoisotopic (exact) mass is 623 g/mol. The number of amides is 2. The van der Waals surface area contributed by atoms with Gasteiger partial charge in [-0.05, 0) is 48.7 Å². The van der Waals surface area contributed by atoms with E-state index in [0.29, 0.717) is 64.7 Å². The highest BCUT2D eigenvalue weighted by Crippen LogP contribution is 2.21. The van der Waals surface area contributed by atoms with Gasteiger partial charge in [-0.15, -0.1) is 0 Å². The maximum Gasteiger partial charge on any atom is 0.261 e. The largest absolute Gasteiger partial charge is 0.484 e. The van der Waals surface area contributed by atoms with Crippen molar-refractivity contribution in [1.29, 1.82) is 0 Å². The third kappa shape index (κ3) is 9.62. The van der Waals surface area contributed by atoms with Gasteiger partial charge in [0, 0.05) is 45.8 Å². The van der Waals surface area contributed by atoms with Gasteiger partial charge in [0.15, 0.2) is 6.61 Å². The van der Waals surface area contributed by atoms with Crippen molar-refractivity contribution in [2.24, 2.45) is 0 Å². The molecule has 1 heterocycles. The summed E-state index contributed by atoms with van der Waals surface area (Å²) in [7, 11) is -3.65. The number of carbonyl (C=O) groups is 2. The molecule has 10 nitrogen and oxygen atoms in total. The summed E-state index contributed by atoms with van der Waals surface area (Å²) in [5.74, 6) is -0.282. The number of nitrogens with one attached hydrogen (secondary N) is 1. The van der Waals surface area contributed by atoms with Gasteiger partial charge in [-0.3, -0.25) is 9.59 Å². The smallest absolute Gasteiger partial charge is 0.261 e. The van der Waals surface area contributed by atoms with Crippen LogP contribution in [0.1, 0.15) is 24.5 Å². The molecule has 3 aromatic rings. The molecule has 44 heavy (non-hydrogen) atoms. The Morgan fingerprint density at radius 1 is 0.932 bits per heavy atom. The lowest BCUT2D eigenvalue weighted by molar-refractivity contribution is -0.142. The van der Waals surface area contributed by atoms with E-state index in [1.165, 1.54) is 28.6 Å². The third-order valence-corrected chi connectivity index (χ3v) is 9.14. The van der Waals surface area contributed by atoms with Crippen LogP contribution in [0, 0.1) is 0 Å². The van der Waals surface area contributed by atoms with Crippen molar-refractivity contribution < 1.29 is 32.2 Å². The van der Waals surface area contributed by atoms with Crippen LogP contribution >= 0.6 is 0 Å². The normalized spacial score (nSPS) is 14.5. The Morgan fingerprint density at radius 2 is 1.57 bits per heavy atom. The molecule has 4 rings (SSSR count). The van der Waals surface area contributed by atoms with Gasteiger partial charge in [0.05, 0.1) is 18.1 Å². The van der Waals surface area contributed by atoms with E-state index in [1.807, 2.05) is 67.6 Å². The molecule has 0 radical (unpaired) electrons. The summed E-state index contributed by atoms with van der Waals surface area (Å²) in [6.07, 6.45) is 0.982. The first kappa shape index (κ1) is 33.1. The number of rotatable bonds is 16. The molecule has 1 aliphatic rings. The molecule has 2 amide bonds. The van der Waals surface area contributed by atoms with Crippen LogP contribution in [0.3, 0.4) is 0 Å². The number of benzene rings is 3. The van der Waals surface area contributed by atoms with Gasteiger partial charge in [-0.25, -0.2) is 8.42 Å². The lowest BCUT2D eigenvalue weighted by atomic mass is 10.0. The Kier molecular flexibility index (Phi) is 12.7. The summed E-state index contributed by atoms with van der Waals surface area (Å²) in [5.41, 5.74) is 1.80. The van der Waals surface area contributed by atoms with Crippen LogP contribution in [0.4, 0.5) is 0 Å². The van der Waals surface area contributed by atoms with Crippen LogP contribution in [-0.4, -0.2) is 88.1 Å². The van der Waals surface area contributed by atoms with Crippen LogP contribution in [0.15, 0.2) is 89.8 Å². The molecule has 1 atom stereocenters. The van der Waals surface area contributed by atoms with Crippen molar-refractivity contribution in [2.45, 2.75) is 37.2 Å².